The number of aliphatic hydroxyl groups excluding tert-OH is 1. The monoisotopic (exact) mass is 409 g/mol. The van der Waals surface area contributed by atoms with E-state index in [1.165, 1.54) is 49.2 Å². The molecule has 0 radical (unpaired) electrons. The van der Waals surface area contributed by atoms with Crippen LogP contribution in [0.1, 0.15) is 49.7 Å². The van der Waals surface area contributed by atoms with Gasteiger partial charge in [0.05, 0.1) is 12.7 Å². The molecule has 0 bridgehead atoms. The molecule has 1 saturated heterocycles. The number of benzene rings is 1. The molecule has 3 aliphatic rings. The average molecular weight is 410 g/mol. The highest BCUT2D eigenvalue weighted by Gasteiger charge is 2.43. The van der Waals surface area contributed by atoms with E-state index in [0.29, 0.717) is 17.8 Å². The number of likely N-dealkylation sites (tertiary alicyclic amines) is 1. The van der Waals surface area contributed by atoms with Gasteiger partial charge in [0.25, 0.3) is 0 Å². The van der Waals surface area contributed by atoms with E-state index in [9.17, 15) is 5.11 Å². The number of allylic oxidation sites excluding steroid dienone is 2. The highest BCUT2D eigenvalue weighted by molar-refractivity contribution is 5.23. The van der Waals surface area contributed by atoms with Crippen LogP contribution in [-0.2, 0) is 11.2 Å². The number of aliphatic hydroxyl groups is 1. The van der Waals surface area contributed by atoms with Crippen molar-refractivity contribution >= 4 is 0 Å². The van der Waals surface area contributed by atoms with Crippen LogP contribution < -0.4 is 0 Å². The van der Waals surface area contributed by atoms with E-state index in [1.54, 1.807) is 0 Å². The smallest absolute Gasteiger partial charge is 0.0676 e. The zero-order valence-electron chi connectivity index (χ0n) is 18.6. The van der Waals surface area contributed by atoms with Crippen LogP contribution >= 0.6 is 0 Å². The number of hydrogen-bond acceptors (Lipinski definition) is 3. The molecule has 1 N–H and O–H groups in total. The summed E-state index contributed by atoms with van der Waals surface area (Å²) in [6.07, 6.45) is 14.8. The van der Waals surface area contributed by atoms with Crippen molar-refractivity contribution in [2.75, 3.05) is 32.8 Å². The zero-order valence-corrected chi connectivity index (χ0v) is 18.6. The highest BCUT2D eigenvalue weighted by atomic mass is 16.5. The fourth-order valence-corrected chi connectivity index (χ4v) is 5.68. The third-order valence-electron chi connectivity index (χ3n) is 7.24. The third-order valence-corrected chi connectivity index (χ3v) is 7.24. The van der Waals surface area contributed by atoms with E-state index in [0.717, 1.165) is 45.3 Å². The van der Waals surface area contributed by atoms with Crippen molar-refractivity contribution in [2.24, 2.45) is 17.8 Å². The Balaban J connectivity index is 1.17. The van der Waals surface area contributed by atoms with Crippen LogP contribution in [0.25, 0.3) is 0 Å². The zero-order chi connectivity index (χ0) is 20.8. The minimum absolute atomic E-state index is 0.186. The average Bonchev–Trinajstić information content (AvgIpc) is 3.43. The first-order chi connectivity index (χ1) is 14.7. The van der Waals surface area contributed by atoms with E-state index in [-0.39, 0.29) is 6.10 Å². The van der Waals surface area contributed by atoms with Crippen LogP contribution in [0.2, 0.25) is 0 Å². The number of fused-ring (bicyclic) bond motifs is 1. The largest absolute Gasteiger partial charge is 0.392 e. The predicted molar refractivity (Wildman–Crippen MR) is 124 cm³/mol. The maximum atomic E-state index is 10.6. The van der Waals surface area contributed by atoms with Gasteiger partial charge in [0.2, 0.25) is 0 Å². The molecule has 164 valence electrons. The predicted octanol–water partition coefficient (Wildman–Crippen LogP) is 4.93. The normalized spacial score (nSPS) is 29.1. The van der Waals surface area contributed by atoms with Crippen molar-refractivity contribution in [3.63, 3.8) is 0 Å². The van der Waals surface area contributed by atoms with Crippen LogP contribution in [0.5, 0.6) is 0 Å². The summed E-state index contributed by atoms with van der Waals surface area (Å²) in [6, 6.07) is 8.77. The van der Waals surface area contributed by atoms with Gasteiger partial charge >= 0.3 is 0 Å². The molecule has 1 saturated carbocycles. The molecule has 0 amide bonds. The summed E-state index contributed by atoms with van der Waals surface area (Å²) < 4.78 is 5.99. The fourth-order valence-electron chi connectivity index (χ4n) is 5.68. The highest BCUT2D eigenvalue weighted by Crippen LogP contribution is 2.47. The van der Waals surface area contributed by atoms with Crippen molar-refractivity contribution in [3.8, 4) is 0 Å². The fraction of sp³-hybridized carbons (Fsp3) is 0.630. The molecule has 1 heterocycles. The lowest BCUT2D eigenvalue weighted by Gasteiger charge is -2.18. The van der Waals surface area contributed by atoms with Gasteiger partial charge < -0.3 is 14.7 Å². The van der Waals surface area contributed by atoms with Gasteiger partial charge in [-0.25, -0.2) is 0 Å². The second-order valence-electron chi connectivity index (χ2n) is 9.65. The lowest BCUT2D eigenvalue weighted by Crippen LogP contribution is -2.21. The van der Waals surface area contributed by atoms with Gasteiger partial charge in [-0.15, -0.1) is 0 Å². The molecular weight excluding hydrogens is 370 g/mol. The molecule has 0 spiro atoms. The molecule has 2 aliphatic carbocycles. The molecule has 3 heteroatoms. The SMILES string of the molecule is Cc1cccc(CC/C=C/[C@@H]2[C@H]3CC(COCCCN4CCCC4)=C[C@H]3C[C@H]2O)c1. The second kappa shape index (κ2) is 10.7. The number of aryl methyl sites for hydroxylation is 2. The van der Waals surface area contributed by atoms with Crippen LogP contribution in [0.4, 0.5) is 0 Å². The molecule has 1 aromatic carbocycles. The Hall–Kier alpha value is -1.42. The minimum Gasteiger partial charge on any atom is -0.392 e. The Labute approximate surface area is 182 Å². The topological polar surface area (TPSA) is 32.7 Å². The van der Waals surface area contributed by atoms with Crippen molar-refractivity contribution in [1.82, 2.24) is 4.90 Å². The van der Waals surface area contributed by atoms with Gasteiger partial charge in [-0.05, 0) is 87.9 Å². The first-order valence-corrected chi connectivity index (χ1v) is 12.1. The Morgan fingerprint density at radius 3 is 2.93 bits per heavy atom. The van der Waals surface area contributed by atoms with Gasteiger partial charge in [0.1, 0.15) is 0 Å². The molecular formula is C27H39NO2. The summed E-state index contributed by atoms with van der Waals surface area (Å²) in [5.41, 5.74) is 4.18. The molecule has 4 atom stereocenters. The first kappa shape index (κ1) is 21.8. The minimum atomic E-state index is -0.186. The maximum Gasteiger partial charge on any atom is 0.0676 e. The Morgan fingerprint density at radius 2 is 2.10 bits per heavy atom. The van der Waals surface area contributed by atoms with Crippen LogP contribution in [0.15, 0.2) is 48.1 Å². The third kappa shape index (κ3) is 5.84. The van der Waals surface area contributed by atoms with Gasteiger partial charge in [-0.2, -0.15) is 0 Å². The van der Waals surface area contributed by atoms with Crippen molar-refractivity contribution in [3.05, 3.63) is 59.2 Å². The number of nitrogens with zero attached hydrogens (tertiary/aromatic N) is 1. The van der Waals surface area contributed by atoms with Crippen LogP contribution in [0, 0.1) is 24.7 Å². The van der Waals surface area contributed by atoms with Gasteiger partial charge in [-0.1, -0.05) is 48.1 Å². The second-order valence-corrected chi connectivity index (χ2v) is 9.65. The Kier molecular flexibility index (Phi) is 7.81. The molecule has 4 rings (SSSR count). The Morgan fingerprint density at radius 1 is 1.23 bits per heavy atom. The van der Waals surface area contributed by atoms with Gasteiger partial charge in [0.15, 0.2) is 0 Å². The van der Waals surface area contributed by atoms with Crippen molar-refractivity contribution in [1.29, 1.82) is 0 Å². The van der Waals surface area contributed by atoms with E-state index in [1.807, 2.05) is 0 Å². The summed E-state index contributed by atoms with van der Waals surface area (Å²) >= 11 is 0. The standard InChI is InChI=1S/C27H39NO2/c1-21-8-6-10-22(16-21)9-2-3-11-25-26-18-23(17-24(26)19-27(25)29)20-30-15-7-14-28-12-4-5-13-28/h3,6,8,10-11,16-17,24-27,29H,2,4-5,7,9,12-15,18-20H2,1H3/b11-3+/t24-,25+,26-,27+/m0/s1. The number of ether oxygens (including phenoxy) is 1. The number of rotatable bonds is 10. The molecule has 2 fully saturated rings. The van der Waals surface area contributed by atoms with Crippen LogP contribution in [-0.4, -0.2) is 49.0 Å². The molecule has 3 nitrogen and oxygen atoms in total. The number of hydrogen-bond donors (Lipinski definition) is 1. The van der Waals surface area contributed by atoms with Gasteiger partial charge in [-0.3, -0.25) is 0 Å². The first-order valence-electron chi connectivity index (χ1n) is 12.1. The van der Waals surface area contributed by atoms with Crippen molar-refractivity contribution < 1.29 is 9.84 Å². The van der Waals surface area contributed by atoms with Gasteiger partial charge in [0, 0.05) is 19.1 Å². The molecule has 30 heavy (non-hydrogen) atoms. The lowest BCUT2D eigenvalue weighted by atomic mass is 9.89. The van der Waals surface area contributed by atoms with Crippen molar-refractivity contribution in [2.45, 2.75) is 58.0 Å². The van der Waals surface area contributed by atoms with E-state index >= 15 is 0 Å². The Bertz CT molecular complexity index is 734. The van der Waals surface area contributed by atoms with E-state index in [4.69, 9.17) is 4.74 Å². The quantitative estimate of drug-likeness (QED) is 0.439. The summed E-state index contributed by atoms with van der Waals surface area (Å²) in [5, 5.41) is 10.6. The summed E-state index contributed by atoms with van der Waals surface area (Å²) in [7, 11) is 0. The summed E-state index contributed by atoms with van der Waals surface area (Å²) in [4.78, 5) is 2.56. The maximum absolute atomic E-state index is 10.6. The summed E-state index contributed by atoms with van der Waals surface area (Å²) in [5.74, 6) is 1.41. The lowest BCUT2D eigenvalue weighted by molar-refractivity contribution is 0.131. The van der Waals surface area contributed by atoms with E-state index in [2.05, 4.69) is 54.3 Å². The van der Waals surface area contributed by atoms with E-state index < -0.39 is 0 Å². The molecule has 0 aromatic heterocycles. The molecule has 1 aliphatic heterocycles. The van der Waals surface area contributed by atoms with Crippen LogP contribution in [0.3, 0.4) is 0 Å². The summed E-state index contributed by atoms with van der Waals surface area (Å²) in [6.45, 7) is 7.54. The molecule has 0 unspecified atom stereocenters. The molecule has 1 aromatic rings.